The molecule has 3 aliphatic heterocycles. The Labute approximate surface area is 207 Å². The highest BCUT2D eigenvalue weighted by atomic mass is 16.5. The Morgan fingerprint density at radius 1 is 1.20 bits per heavy atom. The van der Waals surface area contributed by atoms with Gasteiger partial charge in [-0.15, -0.1) is 0 Å². The lowest BCUT2D eigenvalue weighted by Crippen LogP contribution is -2.59. The van der Waals surface area contributed by atoms with Crippen LogP contribution in [0.4, 0.5) is 0 Å². The van der Waals surface area contributed by atoms with Crippen LogP contribution >= 0.6 is 0 Å². The summed E-state index contributed by atoms with van der Waals surface area (Å²) in [4.78, 5) is 42.5. The Bertz CT molecular complexity index is 925. The molecule has 0 aromatic heterocycles. The molecule has 2 unspecified atom stereocenters. The van der Waals surface area contributed by atoms with Gasteiger partial charge in [0.2, 0.25) is 17.7 Å². The molecule has 3 aliphatic rings. The SMILES string of the molecule is CCCCNC(=O)C1N([C@@H](CO)[C@@H](C)CC)C(=O)[C@@H]2[C@H](C(=O)NCc3ccccc3)[C@@H]3CCC12O3. The van der Waals surface area contributed by atoms with E-state index in [1.54, 1.807) is 4.90 Å². The standard InChI is InChI=1S/C27H39N3O5/c1-4-6-14-28-25(33)23-27-13-12-20(35-27)21(24(32)29-15-18-10-8-7-9-11-18)22(27)26(34)30(23)19(16-31)17(3)5-2/h7-11,17,19-23,31H,4-6,12-16H2,1-3H3,(H,28,33)(H,29,32)/t17-,19-,20-,21+,22-,23?,27?/m0/s1. The molecule has 0 radical (unpaired) electrons. The number of rotatable bonds is 11. The molecule has 1 aromatic carbocycles. The fourth-order valence-electron chi connectivity index (χ4n) is 6.25. The molecule has 3 saturated heterocycles. The van der Waals surface area contributed by atoms with Gasteiger partial charge in [-0.2, -0.15) is 0 Å². The summed E-state index contributed by atoms with van der Waals surface area (Å²) >= 11 is 0. The van der Waals surface area contributed by atoms with E-state index in [1.165, 1.54) is 0 Å². The van der Waals surface area contributed by atoms with Gasteiger partial charge in [-0.3, -0.25) is 14.4 Å². The van der Waals surface area contributed by atoms with Gasteiger partial charge in [-0.1, -0.05) is 63.9 Å². The number of hydrogen-bond donors (Lipinski definition) is 3. The van der Waals surface area contributed by atoms with Gasteiger partial charge in [0.1, 0.15) is 11.6 Å². The summed E-state index contributed by atoms with van der Waals surface area (Å²) in [7, 11) is 0. The summed E-state index contributed by atoms with van der Waals surface area (Å²) in [5.74, 6) is -2.09. The molecule has 0 saturated carbocycles. The molecule has 3 N–H and O–H groups in total. The van der Waals surface area contributed by atoms with Gasteiger partial charge in [0.15, 0.2) is 0 Å². The van der Waals surface area contributed by atoms with E-state index in [0.29, 0.717) is 25.9 Å². The third kappa shape index (κ3) is 4.47. The largest absolute Gasteiger partial charge is 0.394 e. The maximum absolute atomic E-state index is 14.0. The molecule has 7 atom stereocenters. The summed E-state index contributed by atoms with van der Waals surface area (Å²) in [6.07, 6.45) is 3.33. The number of nitrogens with one attached hydrogen (secondary N) is 2. The van der Waals surface area contributed by atoms with Crippen LogP contribution in [0, 0.1) is 17.8 Å². The minimum Gasteiger partial charge on any atom is -0.394 e. The van der Waals surface area contributed by atoms with Crippen LogP contribution in [0.1, 0.15) is 58.4 Å². The second-order valence-corrected chi connectivity index (χ2v) is 10.3. The zero-order chi connectivity index (χ0) is 25.2. The van der Waals surface area contributed by atoms with Crippen LogP contribution in [-0.2, 0) is 25.7 Å². The summed E-state index contributed by atoms with van der Waals surface area (Å²) in [5, 5.41) is 16.3. The summed E-state index contributed by atoms with van der Waals surface area (Å²) in [6.45, 7) is 6.69. The maximum atomic E-state index is 14.0. The van der Waals surface area contributed by atoms with Crippen molar-refractivity contribution in [1.82, 2.24) is 15.5 Å². The Morgan fingerprint density at radius 2 is 1.94 bits per heavy atom. The van der Waals surface area contributed by atoms with Crippen LogP contribution in [-0.4, -0.2) is 64.7 Å². The quantitative estimate of drug-likeness (QED) is 0.416. The van der Waals surface area contributed by atoms with Crippen molar-refractivity contribution in [2.75, 3.05) is 13.2 Å². The number of amides is 3. The number of ether oxygens (including phenoxy) is 1. The van der Waals surface area contributed by atoms with Crippen LogP contribution in [0.2, 0.25) is 0 Å². The Kier molecular flexibility index (Phi) is 7.81. The average Bonchev–Trinajstić information content (AvgIpc) is 3.51. The molecule has 1 aromatic rings. The molecule has 3 amide bonds. The summed E-state index contributed by atoms with van der Waals surface area (Å²) < 4.78 is 6.45. The van der Waals surface area contributed by atoms with E-state index >= 15 is 0 Å². The summed E-state index contributed by atoms with van der Waals surface area (Å²) in [5.41, 5.74) is -0.0578. The van der Waals surface area contributed by atoms with Crippen LogP contribution < -0.4 is 10.6 Å². The third-order valence-corrected chi connectivity index (χ3v) is 8.27. The molecule has 3 fully saturated rings. The molecule has 35 heavy (non-hydrogen) atoms. The van der Waals surface area contributed by atoms with E-state index in [4.69, 9.17) is 4.74 Å². The van der Waals surface area contributed by atoms with Crippen molar-refractivity contribution in [3.8, 4) is 0 Å². The number of carbonyl (C=O) groups excluding carboxylic acids is 3. The normalized spacial score (nSPS) is 30.7. The zero-order valence-electron chi connectivity index (χ0n) is 21.0. The lowest BCUT2D eigenvalue weighted by atomic mass is 9.70. The number of benzene rings is 1. The van der Waals surface area contributed by atoms with Crippen molar-refractivity contribution in [2.45, 2.75) is 83.2 Å². The first kappa shape index (κ1) is 25.6. The van der Waals surface area contributed by atoms with Gasteiger partial charge < -0.3 is 25.4 Å². The molecular weight excluding hydrogens is 446 g/mol. The highest BCUT2D eigenvalue weighted by Crippen LogP contribution is 2.59. The van der Waals surface area contributed by atoms with Crippen LogP contribution in [0.25, 0.3) is 0 Å². The van der Waals surface area contributed by atoms with E-state index in [2.05, 4.69) is 17.6 Å². The first-order valence-corrected chi connectivity index (χ1v) is 13.1. The smallest absolute Gasteiger partial charge is 0.245 e. The maximum Gasteiger partial charge on any atom is 0.245 e. The number of nitrogens with zero attached hydrogens (tertiary/aromatic N) is 1. The van der Waals surface area contributed by atoms with Gasteiger partial charge >= 0.3 is 0 Å². The number of aliphatic hydroxyl groups is 1. The van der Waals surface area contributed by atoms with Gasteiger partial charge in [0.25, 0.3) is 0 Å². The average molecular weight is 486 g/mol. The van der Waals surface area contributed by atoms with E-state index in [1.807, 2.05) is 44.2 Å². The molecule has 2 bridgehead atoms. The van der Waals surface area contributed by atoms with Crippen molar-refractivity contribution in [2.24, 2.45) is 17.8 Å². The highest BCUT2D eigenvalue weighted by molar-refractivity contribution is 5.99. The van der Waals surface area contributed by atoms with Gasteiger partial charge in [-0.25, -0.2) is 0 Å². The Balaban J connectivity index is 1.64. The van der Waals surface area contributed by atoms with Crippen molar-refractivity contribution in [3.05, 3.63) is 35.9 Å². The first-order valence-electron chi connectivity index (χ1n) is 13.1. The van der Waals surface area contributed by atoms with Crippen molar-refractivity contribution in [3.63, 3.8) is 0 Å². The van der Waals surface area contributed by atoms with Gasteiger partial charge in [0.05, 0.1) is 30.6 Å². The molecule has 0 aliphatic carbocycles. The second-order valence-electron chi connectivity index (χ2n) is 10.3. The van der Waals surface area contributed by atoms with Gasteiger partial charge in [-0.05, 0) is 30.7 Å². The highest BCUT2D eigenvalue weighted by Gasteiger charge is 2.75. The van der Waals surface area contributed by atoms with Crippen LogP contribution in [0.15, 0.2) is 30.3 Å². The zero-order valence-corrected chi connectivity index (χ0v) is 21.0. The molecule has 8 heteroatoms. The number of hydrogen-bond acceptors (Lipinski definition) is 5. The van der Waals surface area contributed by atoms with Crippen molar-refractivity contribution >= 4 is 17.7 Å². The third-order valence-electron chi connectivity index (χ3n) is 8.27. The van der Waals surface area contributed by atoms with Crippen molar-refractivity contribution in [1.29, 1.82) is 0 Å². The molecule has 4 rings (SSSR count). The summed E-state index contributed by atoms with van der Waals surface area (Å²) in [6, 6.07) is 8.28. The van der Waals surface area contributed by atoms with Gasteiger partial charge in [0, 0.05) is 13.1 Å². The fraction of sp³-hybridized carbons (Fsp3) is 0.667. The lowest BCUT2D eigenvalue weighted by molar-refractivity contribution is -0.147. The van der Waals surface area contributed by atoms with E-state index in [0.717, 1.165) is 24.8 Å². The van der Waals surface area contributed by atoms with Crippen LogP contribution in [0.5, 0.6) is 0 Å². The molecule has 1 spiro atoms. The molecule has 192 valence electrons. The predicted octanol–water partition coefficient (Wildman–Crippen LogP) is 2.00. The fourth-order valence-corrected chi connectivity index (χ4v) is 6.25. The number of carbonyl (C=O) groups is 3. The minimum atomic E-state index is -1.03. The molecule has 3 heterocycles. The van der Waals surface area contributed by atoms with E-state index < -0.39 is 29.5 Å². The first-order chi connectivity index (χ1) is 16.9. The van der Waals surface area contributed by atoms with Crippen LogP contribution in [0.3, 0.4) is 0 Å². The van der Waals surface area contributed by atoms with Crippen molar-refractivity contribution < 1.29 is 24.2 Å². The molecule has 8 nitrogen and oxygen atoms in total. The second kappa shape index (κ2) is 10.7. The number of aliphatic hydroxyl groups excluding tert-OH is 1. The molecular formula is C27H39N3O5. The Hall–Kier alpha value is -2.45. The topological polar surface area (TPSA) is 108 Å². The lowest BCUT2D eigenvalue weighted by Gasteiger charge is -2.38. The van der Waals surface area contributed by atoms with E-state index in [9.17, 15) is 19.5 Å². The number of likely N-dealkylation sites (tertiary alicyclic amines) is 1. The number of unbranched alkanes of at least 4 members (excludes halogenated alkanes) is 1. The number of fused-ring (bicyclic) bond motifs is 1. The minimum absolute atomic E-state index is 0.00678. The predicted molar refractivity (Wildman–Crippen MR) is 131 cm³/mol. The Morgan fingerprint density at radius 3 is 2.60 bits per heavy atom. The monoisotopic (exact) mass is 485 g/mol. The van der Waals surface area contributed by atoms with E-state index in [-0.39, 0.29) is 36.4 Å².